The summed E-state index contributed by atoms with van der Waals surface area (Å²) in [5.74, 6) is -0.885. The van der Waals surface area contributed by atoms with E-state index in [-0.39, 0.29) is 10.6 Å². The maximum absolute atomic E-state index is 12.6. The molecule has 0 bridgehead atoms. The summed E-state index contributed by atoms with van der Waals surface area (Å²) in [5.41, 5.74) is 1.04. The van der Waals surface area contributed by atoms with Crippen molar-refractivity contribution in [1.29, 1.82) is 0 Å². The fourth-order valence-electron chi connectivity index (χ4n) is 2.28. The number of nitro groups is 1. The molecule has 0 radical (unpaired) electrons. The summed E-state index contributed by atoms with van der Waals surface area (Å²) in [6.07, 6.45) is 0. The molecule has 0 aromatic heterocycles. The molecule has 2 rings (SSSR count). The number of nitrogens with one attached hydrogen (secondary N) is 1. The highest BCUT2D eigenvalue weighted by atomic mass is 35.5. The SMILES string of the molecule is COC(=O)[C@H](NS(=O)(=O)c1ccc(C)cc1)[C@H](Cl)c1ccc([N+](=O)[O-])cc1. The molecule has 0 unspecified atom stereocenters. The Morgan fingerprint density at radius 2 is 1.70 bits per heavy atom. The lowest BCUT2D eigenvalue weighted by Gasteiger charge is -2.21. The maximum atomic E-state index is 12.6. The van der Waals surface area contributed by atoms with Crippen LogP contribution in [0.3, 0.4) is 0 Å². The van der Waals surface area contributed by atoms with Crippen molar-refractivity contribution in [2.45, 2.75) is 23.2 Å². The Bertz CT molecular complexity index is 929. The van der Waals surface area contributed by atoms with Gasteiger partial charge in [0.2, 0.25) is 10.0 Å². The Morgan fingerprint density at radius 1 is 1.15 bits per heavy atom. The van der Waals surface area contributed by atoms with E-state index in [0.29, 0.717) is 5.56 Å². The molecule has 0 saturated carbocycles. The number of alkyl halides is 1. The molecular formula is C17H17ClN2O6S. The number of carbonyl (C=O) groups is 1. The van der Waals surface area contributed by atoms with Gasteiger partial charge in [-0.1, -0.05) is 29.8 Å². The highest BCUT2D eigenvalue weighted by molar-refractivity contribution is 7.89. The third kappa shape index (κ3) is 5.03. The normalized spacial score (nSPS) is 13.6. The van der Waals surface area contributed by atoms with E-state index in [9.17, 15) is 23.3 Å². The molecule has 2 aromatic rings. The average molecular weight is 413 g/mol. The molecule has 8 nitrogen and oxygen atoms in total. The highest BCUT2D eigenvalue weighted by Crippen LogP contribution is 2.28. The number of sulfonamides is 1. The first kappa shape index (κ1) is 20.8. The Morgan fingerprint density at radius 3 is 2.19 bits per heavy atom. The number of halogens is 1. The smallest absolute Gasteiger partial charge is 0.325 e. The van der Waals surface area contributed by atoms with Crippen LogP contribution in [0.15, 0.2) is 53.4 Å². The number of non-ortho nitro benzene ring substituents is 1. The predicted molar refractivity (Wildman–Crippen MR) is 99.0 cm³/mol. The van der Waals surface area contributed by atoms with Gasteiger partial charge < -0.3 is 4.74 Å². The van der Waals surface area contributed by atoms with Crippen LogP contribution in [0.25, 0.3) is 0 Å². The summed E-state index contributed by atoms with van der Waals surface area (Å²) in [4.78, 5) is 22.3. The van der Waals surface area contributed by atoms with E-state index in [0.717, 1.165) is 12.7 Å². The van der Waals surface area contributed by atoms with Gasteiger partial charge in [-0.25, -0.2) is 8.42 Å². The molecule has 10 heteroatoms. The largest absolute Gasteiger partial charge is 0.468 e. The first-order valence-electron chi connectivity index (χ1n) is 7.71. The number of hydrogen-bond acceptors (Lipinski definition) is 6. The van der Waals surface area contributed by atoms with Gasteiger partial charge in [0.15, 0.2) is 0 Å². The van der Waals surface area contributed by atoms with Gasteiger partial charge >= 0.3 is 5.97 Å². The van der Waals surface area contributed by atoms with E-state index in [1.165, 1.54) is 36.4 Å². The predicted octanol–water partition coefficient (Wildman–Crippen LogP) is 2.70. The average Bonchev–Trinajstić information content (AvgIpc) is 2.65. The maximum Gasteiger partial charge on any atom is 0.325 e. The van der Waals surface area contributed by atoms with Crippen LogP contribution in [0.5, 0.6) is 0 Å². The van der Waals surface area contributed by atoms with Gasteiger partial charge in [-0.3, -0.25) is 14.9 Å². The fraction of sp³-hybridized carbons (Fsp3) is 0.235. The minimum Gasteiger partial charge on any atom is -0.468 e. The summed E-state index contributed by atoms with van der Waals surface area (Å²) >= 11 is 6.30. The number of methoxy groups -OCH3 is 1. The lowest BCUT2D eigenvalue weighted by molar-refractivity contribution is -0.384. The Hall–Kier alpha value is -2.49. The van der Waals surface area contributed by atoms with Gasteiger partial charge in [0.1, 0.15) is 6.04 Å². The second-order valence-electron chi connectivity index (χ2n) is 5.69. The molecule has 1 N–H and O–H groups in total. The fourth-order valence-corrected chi connectivity index (χ4v) is 3.86. The number of aryl methyl sites for hydroxylation is 1. The van der Waals surface area contributed by atoms with Gasteiger partial charge in [-0.15, -0.1) is 11.6 Å². The van der Waals surface area contributed by atoms with Crippen LogP contribution in [-0.4, -0.2) is 32.5 Å². The molecule has 2 aromatic carbocycles. The minimum absolute atomic E-state index is 0.0328. The van der Waals surface area contributed by atoms with Crippen LogP contribution in [0.1, 0.15) is 16.5 Å². The molecule has 144 valence electrons. The lowest BCUT2D eigenvalue weighted by Crippen LogP contribution is -2.44. The van der Waals surface area contributed by atoms with Crippen molar-refractivity contribution < 1.29 is 22.9 Å². The van der Waals surface area contributed by atoms with E-state index in [2.05, 4.69) is 9.46 Å². The van der Waals surface area contributed by atoms with Gasteiger partial charge in [0.05, 0.1) is 22.3 Å². The Labute approximate surface area is 161 Å². The van der Waals surface area contributed by atoms with Crippen LogP contribution in [-0.2, 0) is 19.6 Å². The van der Waals surface area contributed by atoms with Crippen LogP contribution < -0.4 is 4.72 Å². The van der Waals surface area contributed by atoms with Crippen molar-refractivity contribution in [2.75, 3.05) is 7.11 Å². The zero-order chi connectivity index (χ0) is 20.2. The first-order chi connectivity index (χ1) is 12.7. The van der Waals surface area contributed by atoms with E-state index in [1.807, 2.05) is 6.92 Å². The van der Waals surface area contributed by atoms with Crippen molar-refractivity contribution in [3.05, 3.63) is 69.8 Å². The number of benzene rings is 2. The number of nitrogens with zero attached hydrogens (tertiary/aromatic N) is 1. The van der Waals surface area contributed by atoms with Crippen LogP contribution in [0.2, 0.25) is 0 Å². The lowest BCUT2D eigenvalue weighted by atomic mass is 10.1. The molecular weight excluding hydrogens is 396 g/mol. The molecule has 0 aliphatic heterocycles. The van der Waals surface area contributed by atoms with Gasteiger partial charge in [-0.05, 0) is 24.6 Å². The third-order valence-electron chi connectivity index (χ3n) is 3.78. The standard InChI is InChI=1S/C17H17ClN2O6S/c1-11-3-9-14(10-4-11)27(24,25)19-16(17(21)26-2)15(18)12-5-7-13(8-6-12)20(22)23/h3-10,15-16,19H,1-2H3/t15-,16-/m1/s1. The van der Waals surface area contributed by atoms with Crippen molar-refractivity contribution >= 4 is 33.3 Å². The molecule has 0 aliphatic rings. The Kier molecular flexibility index (Phi) is 6.53. The highest BCUT2D eigenvalue weighted by Gasteiger charge is 2.33. The number of nitro benzene ring substituents is 1. The van der Waals surface area contributed by atoms with E-state index < -0.39 is 32.3 Å². The van der Waals surface area contributed by atoms with Crippen molar-refractivity contribution in [1.82, 2.24) is 4.72 Å². The quantitative estimate of drug-likeness (QED) is 0.323. The number of esters is 1. The summed E-state index contributed by atoms with van der Waals surface area (Å²) in [5, 5.41) is 9.61. The van der Waals surface area contributed by atoms with Crippen molar-refractivity contribution in [2.24, 2.45) is 0 Å². The number of ether oxygens (including phenoxy) is 1. The molecule has 0 spiro atoms. The molecule has 0 fully saturated rings. The van der Waals surface area contributed by atoms with Gasteiger partial charge in [0.25, 0.3) is 5.69 Å². The summed E-state index contributed by atoms with van der Waals surface area (Å²) < 4.78 is 32.1. The molecule has 2 atom stereocenters. The minimum atomic E-state index is -4.05. The first-order valence-corrected chi connectivity index (χ1v) is 9.63. The van der Waals surface area contributed by atoms with Gasteiger partial charge in [-0.2, -0.15) is 4.72 Å². The van der Waals surface area contributed by atoms with Crippen molar-refractivity contribution in [3.8, 4) is 0 Å². The molecule has 0 saturated heterocycles. The topological polar surface area (TPSA) is 116 Å². The zero-order valence-electron chi connectivity index (χ0n) is 14.5. The number of carbonyl (C=O) groups excluding carboxylic acids is 1. The van der Waals surface area contributed by atoms with E-state index >= 15 is 0 Å². The van der Waals surface area contributed by atoms with Crippen LogP contribution >= 0.6 is 11.6 Å². The number of hydrogen-bond donors (Lipinski definition) is 1. The second kappa shape index (κ2) is 8.47. The number of rotatable bonds is 7. The monoisotopic (exact) mass is 412 g/mol. The second-order valence-corrected chi connectivity index (χ2v) is 7.87. The summed E-state index contributed by atoms with van der Waals surface area (Å²) in [6, 6.07) is 9.76. The van der Waals surface area contributed by atoms with Crippen LogP contribution in [0.4, 0.5) is 5.69 Å². The zero-order valence-corrected chi connectivity index (χ0v) is 16.0. The van der Waals surface area contributed by atoms with Crippen molar-refractivity contribution in [3.63, 3.8) is 0 Å². The van der Waals surface area contributed by atoms with Crippen LogP contribution in [0, 0.1) is 17.0 Å². The molecule has 0 aliphatic carbocycles. The van der Waals surface area contributed by atoms with Gasteiger partial charge in [0, 0.05) is 12.1 Å². The Balaban J connectivity index is 2.32. The summed E-state index contributed by atoms with van der Waals surface area (Å²) in [7, 11) is -2.94. The van der Waals surface area contributed by atoms with E-state index in [1.54, 1.807) is 12.1 Å². The summed E-state index contributed by atoms with van der Waals surface area (Å²) in [6.45, 7) is 1.81. The third-order valence-corrected chi connectivity index (χ3v) is 5.74. The van der Waals surface area contributed by atoms with E-state index in [4.69, 9.17) is 11.6 Å². The molecule has 27 heavy (non-hydrogen) atoms. The molecule has 0 heterocycles. The molecule has 0 amide bonds.